The lowest BCUT2D eigenvalue weighted by Gasteiger charge is -2.32. The Hall–Kier alpha value is -4.41. The third kappa shape index (κ3) is 3.53. The van der Waals surface area contributed by atoms with Crippen molar-refractivity contribution in [1.82, 2.24) is 25.0 Å². The van der Waals surface area contributed by atoms with Crippen molar-refractivity contribution in [2.75, 3.05) is 12.1 Å². The van der Waals surface area contributed by atoms with E-state index in [1.54, 1.807) is 29.4 Å². The average molecular weight is 448 g/mol. The molecule has 33 heavy (non-hydrogen) atoms. The summed E-state index contributed by atoms with van der Waals surface area (Å²) in [5.74, 6) is 1.45. The first-order chi connectivity index (χ1) is 16.1. The zero-order valence-electron chi connectivity index (χ0n) is 17.1. The number of carbonyl (C=O) groups excluding carboxylic acids is 1. The van der Waals surface area contributed by atoms with E-state index in [0.717, 1.165) is 11.4 Å². The molecule has 6 rings (SSSR count). The van der Waals surface area contributed by atoms with E-state index in [0.29, 0.717) is 35.0 Å². The van der Waals surface area contributed by atoms with Gasteiger partial charge in [0, 0.05) is 17.7 Å². The molecule has 0 spiro atoms. The number of carbonyl (C=O) groups is 1. The highest BCUT2D eigenvalue weighted by atomic mass is 19.1. The van der Waals surface area contributed by atoms with Gasteiger partial charge in [-0.1, -0.05) is 11.2 Å². The fraction of sp³-hybridized carbons (Fsp3) is 0.182. The molecule has 2 amide bonds. The number of ether oxygens (including phenoxy) is 2. The number of nitrogens with one attached hydrogen (secondary N) is 2. The summed E-state index contributed by atoms with van der Waals surface area (Å²) in [6.07, 6.45) is 1.97. The van der Waals surface area contributed by atoms with Gasteiger partial charge in [-0.25, -0.2) is 14.2 Å². The molecule has 2 aliphatic rings. The summed E-state index contributed by atoms with van der Waals surface area (Å²) in [6, 6.07) is 10.1. The van der Waals surface area contributed by atoms with Crippen LogP contribution in [0.2, 0.25) is 0 Å². The van der Waals surface area contributed by atoms with Gasteiger partial charge in [0.1, 0.15) is 11.9 Å². The second kappa shape index (κ2) is 7.62. The van der Waals surface area contributed by atoms with E-state index in [-0.39, 0.29) is 19.2 Å². The second-order valence-electron chi connectivity index (χ2n) is 7.64. The predicted molar refractivity (Wildman–Crippen MR) is 112 cm³/mol. The third-order valence-corrected chi connectivity index (χ3v) is 5.59. The molecular formula is C22H17FN6O4. The molecule has 0 bridgehead atoms. The van der Waals surface area contributed by atoms with Crippen LogP contribution < -0.4 is 14.8 Å². The minimum atomic E-state index is -0.551. The summed E-state index contributed by atoms with van der Waals surface area (Å²) in [7, 11) is 0. The normalized spacial score (nSPS) is 16.5. The highest BCUT2D eigenvalue weighted by molar-refractivity contribution is 5.89. The number of amides is 2. The predicted octanol–water partition coefficient (Wildman–Crippen LogP) is 3.66. The Morgan fingerprint density at radius 1 is 1.18 bits per heavy atom. The van der Waals surface area contributed by atoms with Crippen molar-refractivity contribution in [1.29, 1.82) is 0 Å². The van der Waals surface area contributed by atoms with Crippen LogP contribution in [-0.4, -0.2) is 37.8 Å². The molecule has 0 saturated carbocycles. The summed E-state index contributed by atoms with van der Waals surface area (Å²) < 4.78 is 29.9. The first kappa shape index (κ1) is 19.3. The van der Waals surface area contributed by atoms with Gasteiger partial charge in [0.15, 0.2) is 11.5 Å². The number of aromatic nitrogens is 4. The van der Waals surface area contributed by atoms with Gasteiger partial charge in [0.05, 0.1) is 24.3 Å². The standard InChI is InChI=1S/C22H17FN6O4/c23-13-2-1-3-14(7-13)26-22(30)29-9-16-15(24-10-25-16)8-17(29)21-27-20(28-33-21)12-4-5-18-19(6-12)32-11-31-18/h1-7,10,17H,8-9,11H2,(H,24,25)(H,26,30)/t17-/m0/s1. The first-order valence-electron chi connectivity index (χ1n) is 10.2. The molecule has 0 saturated heterocycles. The Bertz CT molecular complexity index is 1350. The summed E-state index contributed by atoms with van der Waals surface area (Å²) in [5, 5.41) is 6.84. The topological polar surface area (TPSA) is 118 Å². The molecule has 10 nitrogen and oxygen atoms in total. The minimum absolute atomic E-state index is 0.166. The lowest BCUT2D eigenvalue weighted by Crippen LogP contribution is -2.41. The van der Waals surface area contributed by atoms with Crippen molar-refractivity contribution in [2.45, 2.75) is 19.0 Å². The number of H-pyrrole nitrogens is 1. The number of rotatable bonds is 3. The monoisotopic (exact) mass is 448 g/mol. The summed E-state index contributed by atoms with van der Waals surface area (Å²) in [4.78, 5) is 26.6. The van der Waals surface area contributed by atoms with Gasteiger partial charge in [-0.05, 0) is 36.4 Å². The fourth-order valence-corrected chi connectivity index (χ4v) is 3.95. The molecular weight excluding hydrogens is 431 g/mol. The minimum Gasteiger partial charge on any atom is -0.454 e. The maximum Gasteiger partial charge on any atom is 0.322 e. The Kier molecular flexibility index (Phi) is 4.45. The Labute approximate surface area is 186 Å². The molecule has 2 aromatic heterocycles. The lowest BCUT2D eigenvalue weighted by atomic mass is 10.0. The summed E-state index contributed by atoms with van der Waals surface area (Å²) >= 11 is 0. The maximum atomic E-state index is 13.6. The molecule has 0 fully saturated rings. The number of halogens is 1. The van der Waals surface area contributed by atoms with Crippen molar-refractivity contribution in [3.05, 3.63) is 71.9 Å². The van der Waals surface area contributed by atoms with Crippen LogP contribution in [0.1, 0.15) is 23.3 Å². The number of nitrogens with zero attached hydrogens (tertiary/aromatic N) is 4. The van der Waals surface area contributed by atoms with E-state index in [4.69, 9.17) is 14.0 Å². The highest BCUT2D eigenvalue weighted by Crippen LogP contribution is 2.36. The van der Waals surface area contributed by atoms with Crippen molar-refractivity contribution in [3.63, 3.8) is 0 Å². The van der Waals surface area contributed by atoms with E-state index >= 15 is 0 Å². The first-order valence-corrected chi connectivity index (χ1v) is 10.2. The van der Waals surface area contributed by atoms with Gasteiger partial charge < -0.3 is 29.2 Å². The molecule has 11 heteroatoms. The van der Waals surface area contributed by atoms with Gasteiger partial charge in [-0.2, -0.15) is 4.98 Å². The number of fused-ring (bicyclic) bond motifs is 2. The highest BCUT2D eigenvalue weighted by Gasteiger charge is 2.36. The van der Waals surface area contributed by atoms with E-state index < -0.39 is 17.9 Å². The molecule has 166 valence electrons. The summed E-state index contributed by atoms with van der Waals surface area (Å²) in [6.45, 7) is 0.419. The number of hydrogen-bond donors (Lipinski definition) is 2. The smallest absolute Gasteiger partial charge is 0.322 e. The molecule has 0 unspecified atom stereocenters. The molecule has 2 aliphatic heterocycles. The van der Waals surface area contributed by atoms with Crippen LogP contribution in [0.4, 0.5) is 14.9 Å². The Morgan fingerprint density at radius 3 is 3.00 bits per heavy atom. The number of anilines is 1. The van der Waals surface area contributed by atoms with Crippen LogP contribution in [0.3, 0.4) is 0 Å². The number of aromatic amines is 1. The number of imidazole rings is 1. The number of benzene rings is 2. The molecule has 2 N–H and O–H groups in total. The number of hydrogen-bond acceptors (Lipinski definition) is 7. The Morgan fingerprint density at radius 2 is 2.09 bits per heavy atom. The van der Waals surface area contributed by atoms with E-state index in [2.05, 4.69) is 25.4 Å². The molecule has 2 aromatic carbocycles. The second-order valence-corrected chi connectivity index (χ2v) is 7.64. The van der Waals surface area contributed by atoms with Gasteiger partial charge in [0.2, 0.25) is 18.5 Å². The third-order valence-electron chi connectivity index (χ3n) is 5.59. The molecule has 0 radical (unpaired) electrons. The van der Waals surface area contributed by atoms with Gasteiger partial charge in [0.25, 0.3) is 0 Å². The van der Waals surface area contributed by atoms with Gasteiger partial charge >= 0.3 is 6.03 Å². The lowest BCUT2D eigenvalue weighted by molar-refractivity contribution is 0.155. The van der Waals surface area contributed by atoms with Crippen molar-refractivity contribution >= 4 is 11.7 Å². The summed E-state index contributed by atoms with van der Waals surface area (Å²) in [5.41, 5.74) is 2.68. The quantitative estimate of drug-likeness (QED) is 0.491. The zero-order valence-corrected chi connectivity index (χ0v) is 17.1. The van der Waals surface area contributed by atoms with Crippen LogP contribution in [0.5, 0.6) is 11.5 Å². The molecule has 4 heterocycles. The molecule has 0 aliphatic carbocycles. The molecule has 1 atom stereocenters. The van der Waals surface area contributed by atoms with Gasteiger partial charge in [-0.3, -0.25) is 0 Å². The van der Waals surface area contributed by atoms with Crippen LogP contribution in [0.25, 0.3) is 11.4 Å². The SMILES string of the molecule is O=C(Nc1cccc(F)c1)N1Cc2[nH]cnc2C[C@H]1c1nc(-c2ccc3c(c2)OCO3)no1. The van der Waals surface area contributed by atoms with E-state index in [1.165, 1.54) is 18.2 Å². The van der Waals surface area contributed by atoms with Crippen LogP contribution in [0, 0.1) is 5.82 Å². The average Bonchev–Trinajstić information content (AvgIpc) is 3.57. The van der Waals surface area contributed by atoms with Crippen molar-refractivity contribution in [3.8, 4) is 22.9 Å². The van der Waals surface area contributed by atoms with Crippen molar-refractivity contribution in [2.24, 2.45) is 0 Å². The zero-order chi connectivity index (χ0) is 22.4. The van der Waals surface area contributed by atoms with Crippen LogP contribution in [-0.2, 0) is 13.0 Å². The van der Waals surface area contributed by atoms with Crippen LogP contribution in [0.15, 0.2) is 53.3 Å². The largest absolute Gasteiger partial charge is 0.454 e. The Balaban J connectivity index is 1.30. The van der Waals surface area contributed by atoms with Crippen LogP contribution >= 0.6 is 0 Å². The fourth-order valence-electron chi connectivity index (χ4n) is 3.95. The van der Waals surface area contributed by atoms with Gasteiger partial charge in [-0.15, -0.1) is 0 Å². The van der Waals surface area contributed by atoms with Crippen molar-refractivity contribution < 1.29 is 23.2 Å². The maximum absolute atomic E-state index is 13.6. The number of urea groups is 1. The van der Waals surface area contributed by atoms with E-state index in [1.807, 2.05) is 6.07 Å². The molecule has 4 aromatic rings. The van der Waals surface area contributed by atoms with E-state index in [9.17, 15) is 9.18 Å².